The number of para-hydroxylation sites is 2. The molecule has 1 heterocycles. The molecule has 2 atom stereocenters. The molecule has 16 heteroatoms. The van der Waals surface area contributed by atoms with Crippen molar-refractivity contribution in [1.29, 1.82) is 0 Å². The van der Waals surface area contributed by atoms with Crippen LogP contribution in [0.4, 0.5) is 11.4 Å². The Kier molecular flexibility index (Phi) is 11.4. The second-order valence-corrected chi connectivity index (χ2v) is 17.9. The molecule has 1 aliphatic heterocycles. The molecule has 0 saturated heterocycles. The first-order valence-electron chi connectivity index (χ1n) is 15.3. The summed E-state index contributed by atoms with van der Waals surface area (Å²) in [6.07, 6.45) is 0. The second-order valence-electron chi connectivity index (χ2n) is 10.8. The van der Waals surface area contributed by atoms with Crippen molar-refractivity contribution >= 4 is 39.3 Å². The standard InChI is InChI=1S/C34H41N2O11P3/c1-40-29-20-18-24(22-31(29)42-3)33(49(38,44-5)45-6)35-27-16-12-13-17-28(27)36(48(35,37)26-14-10-9-11-15-26)34(50(39,46-7)47-8)25-19-21-30(41-2)32(23-25)43-4/h9-23,33-34H,1-8H3. The number of methoxy groups -OCH3 is 4. The molecule has 0 amide bonds. The number of nitrogens with zero attached hydrogens (tertiary/aromatic N) is 2. The Morgan fingerprint density at radius 2 is 0.860 bits per heavy atom. The monoisotopic (exact) mass is 746 g/mol. The molecule has 5 rings (SSSR count). The average molecular weight is 747 g/mol. The lowest BCUT2D eigenvalue weighted by Crippen LogP contribution is -2.36. The van der Waals surface area contributed by atoms with Gasteiger partial charge in [-0.25, -0.2) is 0 Å². The lowest BCUT2D eigenvalue weighted by molar-refractivity contribution is 0.266. The fourth-order valence-electron chi connectivity index (χ4n) is 6.17. The van der Waals surface area contributed by atoms with Crippen LogP contribution in [0.25, 0.3) is 0 Å². The Hall–Kier alpha value is -3.79. The molecule has 0 aliphatic carbocycles. The van der Waals surface area contributed by atoms with Crippen molar-refractivity contribution in [3.63, 3.8) is 0 Å². The summed E-state index contributed by atoms with van der Waals surface area (Å²) in [6.45, 7) is 0. The van der Waals surface area contributed by atoms with E-state index in [2.05, 4.69) is 0 Å². The van der Waals surface area contributed by atoms with Gasteiger partial charge in [-0.1, -0.05) is 42.5 Å². The highest BCUT2D eigenvalue weighted by Crippen LogP contribution is 2.79. The predicted octanol–water partition coefficient (Wildman–Crippen LogP) is 8.24. The maximum Gasteiger partial charge on any atom is 0.357 e. The van der Waals surface area contributed by atoms with Gasteiger partial charge in [-0.15, -0.1) is 0 Å². The van der Waals surface area contributed by atoms with Crippen LogP contribution in [-0.4, -0.2) is 56.9 Å². The lowest BCUT2D eigenvalue weighted by atomic mass is 10.1. The molecule has 4 aromatic carbocycles. The molecular formula is C34H41N2O11P3. The maximum atomic E-state index is 16.8. The zero-order valence-electron chi connectivity index (χ0n) is 29.0. The minimum absolute atomic E-state index is 0.324. The first-order valence-corrected chi connectivity index (χ1v) is 20.1. The van der Waals surface area contributed by atoms with E-state index in [-0.39, 0.29) is 0 Å². The van der Waals surface area contributed by atoms with Crippen molar-refractivity contribution in [3.05, 3.63) is 102 Å². The van der Waals surface area contributed by atoms with Crippen molar-refractivity contribution in [2.75, 3.05) is 66.2 Å². The minimum atomic E-state index is -4.34. The summed E-state index contributed by atoms with van der Waals surface area (Å²) >= 11 is 0. The van der Waals surface area contributed by atoms with Crippen LogP contribution >= 0.6 is 22.6 Å². The van der Waals surface area contributed by atoms with E-state index < -0.39 is 34.2 Å². The second kappa shape index (κ2) is 15.2. The van der Waals surface area contributed by atoms with Crippen LogP contribution in [-0.2, 0) is 31.8 Å². The largest absolute Gasteiger partial charge is 0.493 e. The van der Waals surface area contributed by atoms with Crippen LogP contribution in [0, 0.1) is 0 Å². The Morgan fingerprint density at radius 3 is 1.20 bits per heavy atom. The van der Waals surface area contributed by atoms with Gasteiger partial charge in [0.05, 0.1) is 45.1 Å². The number of hydrogen-bond donors (Lipinski definition) is 0. The number of benzene rings is 4. The lowest BCUT2D eigenvalue weighted by Gasteiger charge is -2.42. The number of ether oxygens (including phenoxy) is 4. The molecule has 0 N–H and O–H groups in total. The fraction of sp³-hybridized carbons (Fsp3) is 0.294. The van der Waals surface area contributed by atoms with Crippen molar-refractivity contribution in [1.82, 2.24) is 0 Å². The highest BCUT2D eigenvalue weighted by molar-refractivity contribution is 7.76. The van der Waals surface area contributed by atoms with Crippen molar-refractivity contribution in [3.8, 4) is 23.0 Å². The third-order valence-electron chi connectivity index (χ3n) is 8.54. The summed E-state index contributed by atoms with van der Waals surface area (Å²) in [5.41, 5.74) is 1.54. The summed E-state index contributed by atoms with van der Waals surface area (Å²) in [6, 6.07) is 25.6. The molecule has 0 fully saturated rings. The predicted molar refractivity (Wildman–Crippen MR) is 193 cm³/mol. The van der Waals surface area contributed by atoms with E-state index in [4.69, 9.17) is 37.0 Å². The Labute approximate surface area is 292 Å². The maximum absolute atomic E-state index is 16.8. The van der Waals surface area contributed by atoms with Gasteiger partial charge in [0.25, 0.3) is 7.44 Å². The van der Waals surface area contributed by atoms with Crippen LogP contribution in [0.3, 0.4) is 0 Å². The number of rotatable bonds is 15. The quantitative estimate of drug-likeness (QED) is 0.108. The van der Waals surface area contributed by atoms with Gasteiger partial charge in [-0.3, -0.25) is 23.0 Å². The minimum Gasteiger partial charge on any atom is -0.493 e. The molecule has 0 aromatic heterocycles. The van der Waals surface area contributed by atoms with E-state index in [1.807, 2.05) is 0 Å². The first kappa shape index (κ1) is 37.5. The van der Waals surface area contributed by atoms with E-state index in [1.54, 1.807) is 91.0 Å². The molecule has 4 aromatic rings. The van der Waals surface area contributed by atoms with E-state index in [0.717, 1.165) is 0 Å². The Morgan fingerprint density at radius 1 is 0.500 bits per heavy atom. The highest BCUT2D eigenvalue weighted by atomic mass is 31.2. The van der Waals surface area contributed by atoms with E-state index in [1.165, 1.54) is 66.2 Å². The summed E-state index contributed by atoms with van der Waals surface area (Å²) in [5.74, 6) is -1.18. The van der Waals surface area contributed by atoms with Gasteiger partial charge in [0.2, 0.25) is 0 Å². The molecule has 268 valence electrons. The summed E-state index contributed by atoms with van der Waals surface area (Å²) in [4.78, 5) is 0. The highest BCUT2D eigenvalue weighted by Gasteiger charge is 2.60. The molecule has 0 spiro atoms. The van der Waals surface area contributed by atoms with E-state index in [0.29, 0.717) is 50.8 Å². The van der Waals surface area contributed by atoms with E-state index >= 15 is 4.57 Å². The normalized spacial score (nSPS) is 17.2. The third-order valence-corrected chi connectivity index (χ3v) is 16.2. The van der Waals surface area contributed by atoms with Crippen molar-refractivity contribution in [2.24, 2.45) is 0 Å². The van der Waals surface area contributed by atoms with Gasteiger partial charge < -0.3 is 37.0 Å². The topological polar surface area (TPSA) is 132 Å². The molecule has 0 bridgehead atoms. The molecule has 50 heavy (non-hydrogen) atoms. The first-order chi connectivity index (χ1) is 24.0. The van der Waals surface area contributed by atoms with Crippen LogP contribution in [0.15, 0.2) is 91.0 Å². The number of fused-ring (bicyclic) bond motifs is 1. The smallest absolute Gasteiger partial charge is 0.357 e. The summed E-state index contributed by atoms with van der Waals surface area (Å²) in [5, 5.41) is 0.324. The van der Waals surface area contributed by atoms with E-state index in [9.17, 15) is 9.13 Å². The van der Waals surface area contributed by atoms with Gasteiger partial charge in [-0.05, 0) is 59.7 Å². The molecule has 13 nitrogen and oxygen atoms in total. The SMILES string of the molecule is COc1ccc(C(N2c3ccccc3N(C(c3ccc(OC)c(OC)c3)P(=O)(OC)OC)P2(=O)c2ccccc2)P(=O)(OC)OC)cc1OC. The van der Waals surface area contributed by atoms with Gasteiger partial charge in [-0.2, -0.15) is 0 Å². The zero-order chi connectivity index (χ0) is 36.3. The van der Waals surface area contributed by atoms with Gasteiger partial charge in [0.1, 0.15) is 0 Å². The Balaban J connectivity index is 1.94. The van der Waals surface area contributed by atoms with Crippen molar-refractivity contribution in [2.45, 2.75) is 11.6 Å². The number of anilines is 2. The summed E-state index contributed by atoms with van der Waals surface area (Å²) < 4.78 is 94.6. The van der Waals surface area contributed by atoms with Gasteiger partial charge in [0, 0.05) is 28.4 Å². The molecule has 2 unspecified atom stereocenters. The molecule has 0 radical (unpaired) electrons. The fourth-order valence-corrected chi connectivity index (χ4v) is 13.7. The average Bonchev–Trinajstić information content (AvgIpc) is 3.42. The van der Waals surface area contributed by atoms with Crippen LogP contribution in [0.5, 0.6) is 23.0 Å². The molecule has 0 saturated carbocycles. The molecular weight excluding hydrogens is 705 g/mol. The summed E-state index contributed by atoms with van der Waals surface area (Å²) in [7, 11) is -1.75. The number of hydrogen-bond acceptors (Lipinski definition) is 11. The van der Waals surface area contributed by atoms with Crippen molar-refractivity contribution < 1.29 is 50.7 Å². The van der Waals surface area contributed by atoms with Crippen LogP contribution < -0.4 is 33.6 Å². The molecule has 1 aliphatic rings. The van der Waals surface area contributed by atoms with Crippen LogP contribution in [0.2, 0.25) is 0 Å². The Bertz CT molecular complexity index is 1830. The third kappa shape index (κ3) is 6.22. The van der Waals surface area contributed by atoms with Gasteiger partial charge in [0.15, 0.2) is 34.6 Å². The van der Waals surface area contributed by atoms with Gasteiger partial charge >= 0.3 is 15.2 Å². The van der Waals surface area contributed by atoms with Crippen LogP contribution in [0.1, 0.15) is 22.7 Å². The zero-order valence-corrected chi connectivity index (χ0v) is 31.7.